The summed E-state index contributed by atoms with van der Waals surface area (Å²) in [6, 6.07) is 0. The van der Waals surface area contributed by atoms with E-state index in [1.54, 1.807) is 0 Å². The van der Waals surface area contributed by atoms with E-state index in [1.807, 2.05) is 11.8 Å². The van der Waals surface area contributed by atoms with Crippen LogP contribution >= 0.6 is 11.8 Å². The molecule has 0 heterocycles. The first-order chi connectivity index (χ1) is 16.6. The summed E-state index contributed by atoms with van der Waals surface area (Å²) in [4.78, 5) is 11.9. The lowest BCUT2D eigenvalue weighted by atomic mass is 9.97. The Morgan fingerprint density at radius 1 is 0.853 bits per heavy atom. The van der Waals surface area contributed by atoms with E-state index in [2.05, 4.69) is 13.8 Å². The van der Waals surface area contributed by atoms with E-state index in [-0.39, 0.29) is 18.2 Å². The molecule has 1 fully saturated rings. The fourth-order valence-corrected chi connectivity index (χ4v) is 6.54. The molecule has 2 N–H and O–H groups in total. The van der Waals surface area contributed by atoms with Crippen molar-refractivity contribution in [1.82, 2.24) is 0 Å². The maximum absolute atomic E-state index is 11.9. The summed E-state index contributed by atoms with van der Waals surface area (Å²) in [5.74, 6) is 1.13. The number of ether oxygens (including phenoxy) is 1. The lowest BCUT2D eigenvalue weighted by Gasteiger charge is -2.23. The molecule has 0 aliphatic heterocycles. The topological polar surface area (TPSA) is 66.8 Å². The molecule has 1 saturated carbocycles. The smallest absolute Gasteiger partial charge is 0.305 e. The van der Waals surface area contributed by atoms with Gasteiger partial charge in [-0.05, 0) is 44.4 Å². The van der Waals surface area contributed by atoms with Gasteiger partial charge in [-0.2, -0.15) is 11.8 Å². The van der Waals surface area contributed by atoms with Crippen molar-refractivity contribution in [3.63, 3.8) is 0 Å². The van der Waals surface area contributed by atoms with Crippen molar-refractivity contribution < 1.29 is 19.7 Å². The predicted octanol–water partition coefficient (Wildman–Crippen LogP) is 7.82. The quantitative estimate of drug-likeness (QED) is 0.111. The molecular weight excluding hydrogens is 444 g/mol. The molecule has 0 bridgehead atoms. The van der Waals surface area contributed by atoms with Gasteiger partial charge in [0.05, 0.1) is 18.8 Å². The van der Waals surface area contributed by atoms with Gasteiger partial charge in [-0.3, -0.25) is 4.79 Å². The van der Waals surface area contributed by atoms with E-state index >= 15 is 0 Å². The molecule has 4 nitrogen and oxygen atoms in total. The molecule has 1 rings (SSSR count). The van der Waals surface area contributed by atoms with Crippen molar-refractivity contribution in [3.05, 3.63) is 0 Å². The average Bonchev–Trinajstić information content (AvgIpc) is 3.18. The molecule has 0 amide bonds. The highest BCUT2D eigenvalue weighted by atomic mass is 32.2. The number of carbonyl (C=O) groups excluding carboxylic acids is 1. The molecule has 0 spiro atoms. The lowest BCUT2D eigenvalue weighted by Crippen LogP contribution is -2.22. The minimum Gasteiger partial charge on any atom is -0.466 e. The first-order valence-corrected chi connectivity index (χ1v) is 15.8. The SMILES string of the molecule is CCCCCCCCCCOC(=O)CCCCCCC1C(O)CCC1SCC(O)CCCCC. The normalized spacial score (nSPS) is 21.1. The number of unbranched alkanes of at least 4 members (excludes halogenated alkanes) is 12. The zero-order valence-corrected chi connectivity index (χ0v) is 23.3. The first kappa shape index (κ1) is 31.8. The Balaban J connectivity index is 1.99. The zero-order valence-electron chi connectivity index (χ0n) is 22.5. The molecule has 202 valence electrons. The van der Waals surface area contributed by atoms with Crippen molar-refractivity contribution >= 4 is 17.7 Å². The van der Waals surface area contributed by atoms with Crippen LogP contribution in [0.3, 0.4) is 0 Å². The first-order valence-electron chi connectivity index (χ1n) is 14.7. The van der Waals surface area contributed by atoms with Gasteiger partial charge in [0.15, 0.2) is 0 Å². The minimum absolute atomic E-state index is 0.0388. The van der Waals surface area contributed by atoms with Crippen molar-refractivity contribution in [2.75, 3.05) is 12.4 Å². The zero-order chi connectivity index (χ0) is 24.9. The van der Waals surface area contributed by atoms with E-state index in [9.17, 15) is 15.0 Å². The summed E-state index contributed by atoms with van der Waals surface area (Å²) in [5, 5.41) is 21.1. The number of esters is 1. The van der Waals surface area contributed by atoms with Gasteiger partial charge in [0.25, 0.3) is 0 Å². The van der Waals surface area contributed by atoms with Crippen LogP contribution in [0.1, 0.15) is 142 Å². The van der Waals surface area contributed by atoms with Gasteiger partial charge in [0.1, 0.15) is 0 Å². The number of carbonyl (C=O) groups is 1. The van der Waals surface area contributed by atoms with Gasteiger partial charge >= 0.3 is 5.97 Å². The second-order valence-corrected chi connectivity index (χ2v) is 11.8. The number of hydrogen-bond donors (Lipinski definition) is 2. The van der Waals surface area contributed by atoms with E-state index in [0.717, 1.165) is 70.0 Å². The van der Waals surface area contributed by atoms with Crippen LogP contribution in [-0.2, 0) is 9.53 Å². The second kappa shape index (κ2) is 22.0. The van der Waals surface area contributed by atoms with Crippen LogP contribution in [0.5, 0.6) is 0 Å². The Labute approximate surface area is 215 Å². The Kier molecular flexibility index (Phi) is 20.5. The van der Waals surface area contributed by atoms with Crippen LogP contribution in [0.2, 0.25) is 0 Å². The molecule has 34 heavy (non-hydrogen) atoms. The summed E-state index contributed by atoms with van der Waals surface area (Å²) < 4.78 is 5.38. The van der Waals surface area contributed by atoms with E-state index in [1.165, 1.54) is 57.8 Å². The molecule has 5 heteroatoms. The van der Waals surface area contributed by atoms with Crippen molar-refractivity contribution in [3.8, 4) is 0 Å². The van der Waals surface area contributed by atoms with Gasteiger partial charge in [-0.1, -0.05) is 97.3 Å². The molecule has 1 aliphatic rings. The van der Waals surface area contributed by atoms with Crippen molar-refractivity contribution in [1.29, 1.82) is 0 Å². The average molecular weight is 501 g/mol. The third kappa shape index (κ3) is 16.4. The van der Waals surface area contributed by atoms with Crippen LogP contribution in [0.4, 0.5) is 0 Å². The largest absolute Gasteiger partial charge is 0.466 e. The molecular formula is C29H56O4S. The Hall–Kier alpha value is -0.260. The number of aliphatic hydroxyl groups is 2. The maximum atomic E-state index is 11.9. The van der Waals surface area contributed by atoms with Crippen molar-refractivity contribution in [2.24, 2.45) is 5.92 Å². The monoisotopic (exact) mass is 500 g/mol. The molecule has 4 unspecified atom stereocenters. The summed E-state index contributed by atoms with van der Waals surface area (Å²) in [6.45, 7) is 5.02. The van der Waals surface area contributed by atoms with Crippen LogP contribution in [0.25, 0.3) is 0 Å². The Morgan fingerprint density at radius 2 is 1.47 bits per heavy atom. The standard InChI is InChI=1S/C29H56O4S/c1-3-5-7-8-9-10-13-17-23-33-29(32)20-16-12-11-15-19-26-27(31)21-22-28(26)34-24-25(30)18-14-6-4-2/h25-28,30-31H,3-24H2,1-2H3. The highest BCUT2D eigenvalue weighted by Gasteiger charge is 2.34. The number of hydrogen-bond acceptors (Lipinski definition) is 5. The Morgan fingerprint density at radius 3 is 2.21 bits per heavy atom. The van der Waals surface area contributed by atoms with Crippen LogP contribution in [-0.4, -0.2) is 46.0 Å². The lowest BCUT2D eigenvalue weighted by molar-refractivity contribution is -0.143. The van der Waals surface area contributed by atoms with E-state index in [4.69, 9.17) is 4.74 Å². The minimum atomic E-state index is -0.203. The third-order valence-electron chi connectivity index (χ3n) is 7.29. The molecule has 0 saturated heterocycles. The molecule has 0 aromatic heterocycles. The number of aliphatic hydroxyl groups excluding tert-OH is 2. The molecule has 0 aromatic carbocycles. The fraction of sp³-hybridized carbons (Fsp3) is 0.966. The highest BCUT2D eigenvalue weighted by Crippen LogP contribution is 2.39. The van der Waals surface area contributed by atoms with E-state index < -0.39 is 0 Å². The Bertz CT molecular complexity index is 473. The van der Waals surface area contributed by atoms with Gasteiger partial charge in [0.2, 0.25) is 0 Å². The van der Waals surface area contributed by atoms with Crippen molar-refractivity contribution in [2.45, 2.75) is 160 Å². The molecule has 1 aliphatic carbocycles. The second-order valence-electron chi connectivity index (χ2n) is 10.5. The maximum Gasteiger partial charge on any atom is 0.305 e. The van der Waals surface area contributed by atoms with E-state index in [0.29, 0.717) is 24.2 Å². The summed E-state index contributed by atoms with van der Waals surface area (Å²) >= 11 is 1.88. The summed E-state index contributed by atoms with van der Waals surface area (Å²) in [5.41, 5.74) is 0. The number of thioether (sulfide) groups is 1. The van der Waals surface area contributed by atoms with Gasteiger partial charge in [-0.25, -0.2) is 0 Å². The molecule has 4 atom stereocenters. The summed E-state index contributed by atoms with van der Waals surface area (Å²) in [6.07, 6.45) is 21.9. The molecule has 0 radical (unpaired) electrons. The predicted molar refractivity (Wildman–Crippen MR) is 146 cm³/mol. The highest BCUT2D eigenvalue weighted by molar-refractivity contribution is 7.99. The number of rotatable bonds is 23. The van der Waals surface area contributed by atoms with Gasteiger partial charge < -0.3 is 14.9 Å². The van der Waals surface area contributed by atoms with Crippen LogP contribution in [0, 0.1) is 5.92 Å². The summed E-state index contributed by atoms with van der Waals surface area (Å²) in [7, 11) is 0. The molecule has 0 aromatic rings. The van der Waals surface area contributed by atoms with Gasteiger partial charge in [0, 0.05) is 17.4 Å². The fourth-order valence-electron chi connectivity index (χ4n) is 5.04. The van der Waals surface area contributed by atoms with Crippen LogP contribution < -0.4 is 0 Å². The van der Waals surface area contributed by atoms with Crippen LogP contribution in [0.15, 0.2) is 0 Å². The third-order valence-corrected chi connectivity index (χ3v) is 8.88. The van der Waals surface area contributed by atoms with Gasteiger partial charge in [-0.15, -0.1) is 0 Å².